The van der Waals surface area contributed by atoms with Crippen LogP contribution in [-0.2, 0) is 9.59 Å². The highest BCUT2D eigenvalue weighted by atomic mass is 16.4. The molecule has 0 bridgehead atoms. The number of nitrogens with zero attached hydrogens (tertiary/aromatic N) is 1. The van der Waals surface area contributed by atoms with E-state index in [0.717, 1.165) is 5.56 Å². The van der Waals surface area contributed by atoms with Gasteiger partial charge in [0, 0.05) is 17.8 Å². The van der Waals surface area contributed by atoms with Gasteiger partial charge in [-0.2, -0.15) is 0 Å². The second-order valence-electron chi connectivity index (χ2n) is 3.60. The molecule has 0 aromatic carbocycles. The zero-order valence-corrected chi connectivity index (χ0v) is 8.88. The number of aromatic nitrogens is 1. The predicted octanol–water partition coefficient (Wildman–Crippen LogP) is 1.42. The highest BCUT2D eigenvalue weighted by Gasteiger charge is 2.21. The standard InChI is InChI=1S/C11H13NO4/c1-7-3-2-4-12-11(7)8(5-9(13)14)6-10(15)16/h2-4,8H,5-6H2,1H3,(H,13,14)(H,15,16). The fraction of sp³-hybridized carbons (Fsp3) is 0.364. The first kappa shape index (κ1) is 12.2. The van der Waals surface area contributed by atoms with Crippen LogP contribution < -0.4 is 0 Å². The minimum atomic E-state index is -1.02. The van der Waals surface area contributed by atoms with Gasteiger partial charge in [0.2, 0.25) is 0 Å². The van der Waals surface area contributed by atoms with E-state index >= 15 is 0 Å². The molecule has 1 heterocycles. The number of aliphatic carboxylic acids is 2. The molecule has 0 aliphatic rings. The number of carboxylic acids is 2. The zero-order valence-electron chi connectivity index (χ0n) is 8.88. The van der Waals surface area contributed by atoms with Gasteiger partial charge in [0.25, 0.3) is 0 Å². The van der Waals surface area contributed by atoms with Gasteiger partial charge in [-0.3, -0.25) is 14.6 Å². The monoisotopic (exact) mass is 223 g/mol. The van der Waals surface area contributed by atoms with Gasteiger partial charge in [-0.1, -0.05) is 6.07 Å². The third kappa shape index (κ3) is 3.34. The van der Waals surface area contributed by atoms with E-state index in [4.69, 9.17) is 10.2 Å². The second-order valence-corrected chi connectivity index (χ2v) is 3.60. The molecule has 0 spiro atoms. The molecular weight excluding hydrogens is 210 g/mol. The summed E-state index contributed by atoms with van der Waals surface area (Å²) in [7, 11) is 0. The first-order valence-corrected chi connectivity index (χ1v) is 4.85. The Labute approximate surface area is 92.8 Å². The molecule has 2 N–H and O–H groups in total. The van der Waals surface area contributed by atoms with E-state index in [2.05, 4.69) is 4.98 Å². The number of carboxylic acid groups (broad SMARTS) is 2. The quantitative estimate of drug-likeness (QED) is 0.788. The number of hydrogen-bond acceptors (Lipinski definition) is 3. The highest BCUT2D eigenvalue weighted by Crippen LogP contribution is 2.24. The molecule has 1 aromatic heterocycles. The van der Waals surface area contributed by atoms with E-state index in [9.17, 15) is 9.59 Å². The summed E-state index contributed by atoms with van der Waals surface area (Å²) in [5.74, 6) is -2.61. The summed E-state index contributed by atoms with van der Waals surface area (Å²) in [4.78, 5) is 25.4. The van der Waals surface area contributed by atoms with Gasteiger partial charge in [0.1, 0.15) is 0 Å². The molecule has 0 aliphatic heterocycles. The number of pyridine rings is 1. The summed E-state index contributed by atoms with van der Waals surface area (Å²) in [5.41, 5.74) is 1.36. The van der Waals surface area contributed by atoms with Crippen molar-refractivity contribution >= 4 is 11.9 Å². The third-order valence-electron chi connectivity index (χ3n) is 2.28. The molecule has 16 heavy (non-hydrogen) atoms. The van der Waals surface area contributed by atoms with Crippen molar-refractivity contribution in [1.82, 2.24) is 4.98 Å². The van der Waals surface area contributed by atoms with Crippen LogP contribution in [0.5, 0.6) is 0 Å². The van der Waals surface area contributed by atoms with Crippen LogP contribution in [0.4, 0.5) is 0 Å². The van der Waals surface area contributed by atoms with E-state index in [1.54, 1.807) is 25.3 Å². The Bertz CT molecular complexity index is 387. The Balaban J connectivity index is 2.96. The highest BCUT2D eigenvalue weighted by molar-refractivity contribution is 5.72. The summed E-state index contributed by atoms with van der Waals surface area (Å²) in [6.07, 6.45) is 1.10. The Morgan fingerprint density at radius 1 is 1.31 bits per heavy atom. The SMILES string of the molecule is Cc1cccnc1C(CC(=O)O)CC(=O)O. The van der Waals surface area contributed by atoms with Gasteiger partial charge in [-0.05, 0) is 18.6 Å². The maximum atomic E-state index is 10.7. The van der Waals surface area contributed by atoms with E-state index < -0.39 is 17.9 Å². The lowest BCUT2D eigenvalue weighted by atomic mass is 9.94. The van der Waals surface area contributed by atoms with Crippen LogP contribution in [0.15, 0.2) is 18.3 Å². The van der Waals surface area contributed by atoms with E-state index in [0.29, 0.717) is 5.69 Å². The molecule has 0 unspecified atom stereocenters. The Morgan fingerprint density at radius 2 is 1.88 bits per heavy atom. The van der Waals surface area contributed by atoms with Crippen molar-refractivity contribution in [2.75, 3.05) is 0 Å². The van der Waals surface area contributed by atoms with Gasteiger partial charge in [-0.25, -0.2) is 0 Å². The van der Waals surface area contributed by atoms with Crippen molar-refractivity contribution < 1.29 is 19.8 Å². The van der Waals surface area contributed by atoms with Crippen LogP contribution in [0.2, 0.25) is 0 Å². The second kappa shape index (κ2) is 5.25. The summed E-state index contributed by atoms with van der Waals surface area (Å²) in [6.45, 7) is 1.79. The average molecular weight is 223 g/mol. The fourth-order valence-electron chi connectivity index (χ4n) is 1.61. The molecule has 0 amide bonds. The van der Waals surface area contributed by atoms with Gasteiger partial charge in [0.05, 0.1) is 12.8 Å². The van der Waals surface area contributed by atoms with E-state index in [-0.39, 0.29) is 12.8 Å². The first-order valence-electron chi connectivity index (χ1n) is 4.85. The summed E-state index contributed by atoms with van der Waals surface area (Å²) < 4.78 is 0. The van der Waals surface area contributed by atoms with Crippen molar-refractivity contribution in [3.63, 3.8) is 0 Å². The molecule has 5 heteroatoms. The van der Waals surface area contributed by atoms with Crippen molar-refractivity contribution in [2.45, 2.75) is 25.7 Å². The predicted molar refractivity (Wildman–Crippen MR) is 56.2 cm³/mol. The van der Waals surface area contributed by atoms with Crippen molar-refractivity contribution in [3.8, 4) is 0 Å². The van der Waals surface area contributed by atoms with Gasteiger partial charge >= 0.3 is 11.9 Å². The minimum Gasteiger partial charge on any atom is -0.481 e. The molecule has 1 aromatic rings. The Morgan fingerprint density at radius 3 is 2.31 bits per heavy atom. The third-order valence-corrected chi connectivity index (χ3v) is 2.28. The van der Waals surface area contributed by atoms with Crippen LogP contribution >= 0.6 is 0 Å². The van der Waals surface area contributed by atoms with Crippen LogP contribution in [0.25, 0.3) is 0 Å². The first-order chi connectivity index (χ1) is 7.50. The molecule has 0 saturated heterocycles. The van der Waals surface area contributed by atoms with Crippen molar-refractivity contribution in [2.24, 2.45) is 0 Å². The lowest BCUT2D eigenvalue weighted by Crippen LogP contribution is -2.13. The Hall–Kier alpha value is -1.91. The molecule has 86 valence electrons. The van der Waals surface area contributed by atoms with Crippen LogP contribution in [0.3, 0.4) is 0 Å². The molecule has 0 fully saturated rings. The maximum absolute atomic E-state index is 10.7. The number of rotatable bonds is 5. The van der Waals surface area contributed by atoms with Gasteiger partial charge in [0.15, 0.2) is 0 Å². The van der Waals surface area contributed by atoms with Gasteiger partial charge < -0.3 is 10.2 Å². The smallest absolute Gasteiger partial charge is 0.304 e. The van der Waals surface area contributed by atoms with Crippen LogP contribution in [0.1, 0.15) is 30.0 Å². The van der Waals surface area contributed by atoms with E-state index in [1.807, 2.05) is 0 Å². The number of aryl methyl sites for hydroxylation is 1. The summed E-state index contributed by atoms with van der Waals surface area (Å²) in [5, 5.41) is 17.5. The lowest BCUT2D eigenvalue weighted by Gasteiger charge is -2.13. The summed E-state index contributed by atoms with van der Waals surface area (Å²) >= 11 is 0. The molecule has 0 atom stereocenters. The molecule has 5 nitrogen and oxygen atoms in total. The van der Waals surface area contributed by atoms with E-state index in [1.165, 1.54) is 0 Å². The largest absolute Gasteiger partial charge is 0.481 e. The average Bonchev–Trinajstić information content (AvgIpc) is 2.15. The number of hydrogen-bond donors (Lipinski definition) is 2. The molecule has 1 rings (SSSR count). The molecule has 0 aliphatic carbocycles. The normalized spacial score (nSPS) is 10.4. The molecule has 0 radical (unpaired) electrons. The number of carbonyl (C=O) groups is 2. The zero-order chi connectivity index (χ0) is 12.1. The topological polar surface area (TPSA) is 87.5 Å². The lowest BCUT2D eigenvalue weighted by molar-refractivity contribution is -0.139. The van der Waals surface area contributed by atoms with Crippen molar-refractivity contribution in [3.05, 3.63) is 29.6 Å². The van der Waals surface area contributed by atoms with Crippen LogP contribution in [-0.4, -0.2) is 27.1 Å². The van der Waals surface area contributed by atoms with Gasteiger partial charge in [-0.15, -0.1) is 0 Å². The molecule has 0 saturated carbocycles. The maximum Gasteiger partial charge on any atom is 0.304 e. The van der Waals surface area contributed by atoms with Crippen LogP contribution in [0, 0.1) is 6.92 Å². The van der Waals surface area contributed by atoms with Crippen molar-refractivity contribution in [1.29, 1.82) is 0 Å². The fourth-order valence-corrected chi connectivity index (χ4v) is 1.61. The molecular formula is C11H13NO4. The minimum absolute atomic E-state index is 0.218. The summed E-state index contributed by atoms with van der Waals surface area (Å²) in [6, 6.07) is 3.52. The Kier molecular flexibility index (Phi) is 3.99.